The van der Waals surface area contributed by atoms with E-state index in [-0.39, 0.29) is 5.92 Å². The summed E-state index contributed by atoms with van der Waals surface area (Å²) in [4.78, 5) is 19.1. The van der Waals surface area contributed by atoms with Gasteiger partial charge in [0.25, 0.3) is 0 Å². The van der Waals surface area contributed by atoms with Crippen molar-refractivity contribution in [2.24, 2.45) is 5.92 Å². The van der Waals surface area contributed by atoms with Crippen LogP contribution in [-0.4, -0.2) is 42.2 Å². The van der Waals surface area contributed by atoms with Crippen molar-refractivity contribution in [2.75, 3.05) is 26.2 Å². The smallest absolute Gasteiger partial charge is 0.307 e. The number of rotatable bonds is 12. The van der Waals surface area contributed by atoms with Gasteiger partial charge in [0, 0.05) is 13.1 Å². The van der Waals surface area contributed by atoms with Gasteiger partial charge in [0.15, 0.2) is 0 Å². The summed E-state index contributed by atoms with van der Waals surface area (Å²) in [5.74, 6) is -0.925. The largest absolute Gasteiger partial charge is 0.481 e. The highest BCUT2D eigenvalue weighted by Crippen LogP contribution is 2.17. The standard InChI is InChI=1S/C22H34N2O3/c1-2-3-4-5-9-14-21(19-11-7-6-8-12-19)23-27-17-16-24-15-10-13-20(18-24)22(25)26/h6-8,11-12,14,20,23H,2-5,9-10,13,15-18H2,1H3,(H,25,26)/t20-/m1/s1. The number of carbonyl (C=O) groups is 1. The van der Waals surface area contributed by atoms with Crippen LogP contribution in [-0.2, 0) is 9.63 Å². The fourth-order valence-corrected chi connectivity index (χ4v) is 3.42. The van der Waals surface area contributed by atoms with Crippen LogP contribution in [0.15, 0.2) is 36.4 Å². The fourth-order valence-electron chi connectivity index (χ4n) is 3.42. The number of carboxylic acid groups (broad SMARTS) is 1. The van der Waals surface area contributed by atoms with Crippen molar-refractivity contribution in [1.29, 1.82) is 0 Å². The Bertz CT molecular complexity index is 574. The van der Waals surface area contributed by atoms with Gasteiger partial charge >= 0.3 is 5.97 Å². The molecule has 5 heteroatoms. The normalized spacial score (nSPS) is 18.4. The molecule has 1 heterocycles. The van der Waals surface area contributed by atoms with Gasteiger partial charge in [-0.1, -0.05) is 62.6 Å². The van der Waals surface area contributed by atoms with E-state index in [1.807, 2.05) is 18.2 Å². The Kier molecular flexibility index (Phi) is 9.95. The molecule has 1 saturated heterocycles. The second-order valence-corrected chi connectivity index (χ2v) is 7.26. The van der Waals surface area contributed by atoms with Crippen LogP contribution in [0, 0.1) is 5.92 Å². The number of nitrogens with one attached hydrogen (secondary N) is 1. The molecule has 27 heavy (non-hydrogen) atoms. The third kappa shape index (κ3) is 8.14. The first-order chi connectivity index (χ1) is 13.2. The molecular weight excluding hydrogens is 340 g/mol. The van der Waals surface area contributed by atoms with E-state index in [1.54, 1.807) is 0 Å². The first-order valence-electron chi connectivity index (χ1n) is 10.3. The van der Waals surface area contributed by atoms with Crippen molar-refractivity contribution < 1.29 is 14.7 Å². The summed E-state index contributed by atoms with van der Waals surface area (Å²) >= 11 is 0. The molecule has 1 fully saturated rings. The van der Waals surface area contributed by atoms with Crippen LogP contribution in [0.5, 0.6) is 0 Å². The molecule has 0 aromatic heterocycles. The average Bonchev–Trinajstić information content (AvgIpc) is 2.70. The van der Waals surface area contributed by atoms with Crippen LogP contribution >= 0.6 is 0 Å². The quantitative estimate of drug-likeness (QED) is 0.421. The van der Waals surface area contributed by atoms with Crippen LogP contribution in [0.1, 0.15) is 57.4 Å². The second-order valence-electron chi connectivity index (χ2n) is 7.26. The number of hydrogen-bond acceptors (Lipinski definition) is 4. The van der Waals surface area contributed by atoms with Gasteiger partial charge in [-0.25, -0.2) is 0 Å². The molecule has 0 spiro atoms. The lowest BCUT2D eigenvalue weighted by atomic mass is 9.98. The van der Waals surface area contributed by atoms with E-state index in [1.165, 1.54) is 25.7 Å². The third-order valence-electron chi connectivity index (χ3n) is 5.04. The fraction of sp³-hybridized carbons (Fsp3) is 0.591. The first-order valence-corrected chi connectivity index (χ1v) is 10.3. The van der Waals surface area contributed by atoms with E-state index in [0.717, 1.165) is 43.6 Å². The molecule has 1 atom stereocenters. The van der Waals surface area contributed by atoms with Crippen LogP contribution in [0.25, 0.3) is 5.70 Å². The molecule has 2 N–H and O–H groups in total. The summed E-state index contributed by atoms with van der Waals surface area (Å²) in [7, 11) is 0. The molecule has 0 unspecified atom stereocenters. The molecular formula is C22H34N2O3. The van der Waals surface area contributed by atoms with E-state index in [4.69, 9.17) is 4.84 Å². The monoisotopic (exact) mass is 374 g/mol. The number of piperidine rings is 1. The second kappa shape index (κ2) is 12.5. The van der Waals surface area contributed by atoms with Crippen LogP contribution in [0.4, 0.5) is 0 Å². The summed E-state index contributed by atoms with van der Waals surface area (Å²) in [6.45, 7) is 5.08. The summed E-state index contributed by atoms with van der Waals surface area (Å²) in [5.41, 5.74) is 5.25. The average molecular weight is 375 g/mol. The number of benzene rings is 1. The zero-order valence-corrected chi connectivity index (χ0v) is 16.5. The predicted octanol–water partition coefficient (Wildman–Crippen LogP) is 4.32. The van der Waals surface area contributed by atoms with E-state index in [0.29, 0.717) is 13.2 Å². The molecule has 0 aliphatic carbocycles. The van der Waals surface area contributed by atoms with Gasteiger partial charge < -0.3 is 10.0 Å². The summed E-state index contributed by atoms with van der Waals surface area (Å²) < 4.78 is 0. The van der Waals surface area contributed by atoms with E-state index in [2.05, 4.69) is 35.5 Å². The lowest BCUT2D eigenvalue weighted by Crippen LogP contribution is -2.40. The SMILES string of the molecule is CCCCCCC=C(NOCCN1CCC[C@@H](C(=O)O)C1)c1ccccc1. The van der Waals surface area contributed by atoms with Crippen molar-refractivity contribution in [3.8, 4) is 0 Å². The van der Waals surface area contributed by atoms with E-state index >= 15 is 0 Å². The van der Waals surface area contributed by atoms with Crippen molar-refractivity contribution in [3.63, 3.8) is 0 Å². The summed E-state index contributed by atoms with van der Waals surface area (Å²) in [5, 5.41) is 9.19. The summed E-state index contributed by atoms with van der Waals surface area (Å²) in [6, 6.07) is 10.2. The van der Waals surface area contributed by atoms with Crippen LogP contribution in [0.2, 0.25) is 0 Å². The molecule has 5 nitrogen and oxygen atoms in total. The highest BCUT2D eigenvalue weighted by atomic mass is 16.6. The first kappa shape index (κ1) is 21.5. The number of likely N-dealkylation sites (tertiary alicyclic amines) is 1. The number of hydrogen-bond donors (Lipinski definition) is 2. The Hall–Kier alpha value is -1.85. The molecule has 0 saturated carbocycles. The Labute approximate surface area is 163 Å². The highest BCUT2D eigenvalue weighted by Gasteiger charge is 2.24. The molecule has 0 bridgehead atoms. The predicted molar refractivity (Wildman–Crippen MR) is 109 cm³/mol. The zero-order chi connectivity index (χ0) is 19.3. The maximum Gasteiger partial charge on any atom is 0.307 e. The Morgan fingerprint density at radius 3 is 2.85 bits per heavy atom. The van der Waals surface area contributed by atoms with Gasteiger partial charge in [-0.2, -0.15) is 0 Å². The molecule has 0 amide bonds. The Morgan fingerprint density at radius 1 is 1.30 bits per heavy atom. The number of allylic oxidation sites excluding steroid dienone is 1. The molecule has 1 aromatic rings. The lowest BCUT2D eigenvalue weighted by Gasteiger charge is -2.30. The number of unbranched alkanes of at least 4 members (excludes halogenated alkanes) is 4. The topological polar surface area (TPSA) is 61.8 Å². The van der Waals surface area contributed by atoms with Crippen LogP contribution < -0.4 is 5.48 Å². The van der Waals surface area contributed by atoms with Gasteiger partial charge in [-0.15, -0.1) is 0 Å². The Morgan fingerprint density at radius 2 is 2.11 bits per heavy atom. The molecule has 1 aliphatic rings. The van der Waals surface area contributed by atoms with E-state index < -0.39 is 5.97 Å². The zero-order valence-electron chi connectivity index (χ0n) is 16.5. The van der Waals surface area contributed by atoms with Crippen molar-refractivity contribution >= 4 is 11.7 Å². The highest BCUT2D eigenvalue weighted by molar-refractivity contribution is 5.70. The van der Waals surface area contributed by atoms with Crippen LogP contribution in [0.3, 0.4) is 0 Å². The van der Waals surface area contributed by atoms with Gasteiger partial charge in [0.05, 0.1) is 18.2 Å². The van der Waals surface area contributed by atoms with Gasteiger partial charge in [-0.3, -0.25) is 15.1 Å². The third-order valence-corrected chi connectivity index (χ3v) is 5.04. The molecule has 0 radical (unpaired) electrons. The minimum absolute atomic E-state index is 0.241. The lowest BCUT2D eigenvalue weighted by molar-refractivity contribution is -0.143. The number of carboxylic acids is 1. The van der Waals surface area contributed by atoms with Crippen molar-refractivity contribution in [1.82, 2.24) is 10.4 Å². The van der Waals surface area contributed by atoms with Crippen molar-refractivity contribution in [3.05, 3.63) is 42.0 Å². The molecule has 150 valence electrons. The Balaban J connectivity index is 1.77. The van der Waals surface area contributed by atoms with Gasteiger partial charge in [-0.05, 0) is 37.8 Å². The maximum atomic E-state index is 11.2. The number of hydroxylamine groups is 1. The molecule has 1 aliphatic heterocycles. The number of aliphatic carboxylic acids is 1. The van der Waals surface area contributed by atoms with Gasteiger partial charge in [0.1, 0.15) is 0 Å². The number of nitrogens with zero attached hydrogens (tertiary/aromatic N) is 1. The van der Waals surface area contributed by atoms with E-state index in [9.17, 15) is 9.90 Å². The molecule has 2 rings (SSSR count). The maximum absolute atomic E-state index is 11.2. The minimum atomic E-state index is -0.684. The van der Waals surface area contributed by atoms with Crippen molar-refractivity contribution in [2.45, 2.75) is 51.9 Å². The minimum Gasteiger partial charge on any atom is -0.481 e. The summed E-state index contributed by atoms with van der Waals surface area (Å²) in [6.07, 6.45) is 9.95. The van der Waals surface area contributed by atoms with Gasteiger partial charge in [0.2, 0.25) is 0 Å². The molecule has 1 aromatic carbocycles.